The third-order valence-corrected chi connectivity index (χ3v) is 15.2. The summed E-state index contributed by atoms with van der Waals surface area (Å²) in [6, 6.07) is -0.893. The number of quaternary nitrogens is 1. The number of carbonyl (C=O) groups is 2. The van der Waals surface area contributed by atoms with Crippen LogP contribution in [-0.4, -0.2) is 69.4 Å². The number of amides is 1. The zero-order valence-corrected chi connectivity index (χ0v) is 51.2. The number of esters is 1. The maximum atomic E-state index is 13.5. The fourth-order valence-electron chi connectivity index (χ4n) is 9.29. The van der Waals surface area contributed by atoms with Gasteiger partial charge in [0.05, 0.1) is 33.8 Å². The molecule has 3 unspecified atom stereocenters. The highest BCUT2D eigenvalue weighted by atomic mass is 31.2. The topological polar surface area (TPSA) is 114 Å². The Morgan fingerprint density at radius 2 is 0.813 bits per heavy atom. The summed E-state index contributed by atoms with van der Waals surface area (Å²) in [5.41, 5.74) is 0. The Bertz CT molecular complexity index is 1420. The van der Waals surface area contributed by atoms with Crippen LogP contribution in [0.2, 0.25) is 0 Å². The second-order valence-corrected chi connectivity index (χ2v) is 24.3. The average molecular weight is 1080 g/mol. The summed E-state index contributed by atoms with van der Waals surface area (Å²) in [5, 5.41) is 3.03. The largest absolute Gasteiger partial charge is 0.756 e. The maximum absolute atomic E-state index is 13.5. The van der Waals surface area contributed by atoms with Gasteiger partial charge in [-0.25, -0.2) is 0 Å². The molecule has 75 heavy (non-hydrogen) atoms. The molecule has 0 heterocycles. The van der Waals surface area contributed by atoms with Gasteiger partial charge in [0.2, 0.25) is 5.91 Å². The normalized spacial score (nSPS) is 14.0. The Balaban J connectivity index is 5.27. The average Bonchev–Trinajstić information content (AvgIpc) is 3.37. The van der Waals surface area contributed by atoms with Crippen LogP contribution in [0.15, 0.2) is 48.6 Å². The number of ether oxygens (including phenoxy) is 1. The number of carbonyl (C=O) groups excluding carboxylic acids is 2. The van der Waals surface area contributed by atoms with Crippen LogP contribution in [-0.2, 0) is 27.9 Å². The second-order valence-electron chi connectivity index (χ2n) is 22.9. The number of hydrogen-bond acceptors (Lipinski definition) is 7. The molecular weight excluding hydrogens is 952 g/mol. The van der Waals surface area contributed by atoms with Gasteiger partial charge in [-0.15, -0.1) is 0 Å². The lowest BCUT2D eigenvalue weighted by Crippen LogP contribution is -2.47. The summed E-state index contributed by atoms with van der Waals surface area (Å²) in [5.74, 6) is -0.543. The fraction of sp³-hybridized carbons (Fsp3) is 0.846. The zero-order valence-electron chi connectivity index (χ0n) is 50.3. The Labute approximate surface area is 465 Å². The first-order valence-corrected chi connectivity index (χ1v) is 33.4. The Hall–Kier alpha value is -2.03. The molecule has 0 aliphatic heterocycles. The minimum absolute atomic E-state index is 0.0240. The van der Waals surface area contributed by atoms with Crippen molar-refractivity contribution >= 4 is 19.7 Å². The van der Waals surface area contributed by atoms with Gasteiger partial charge in [0.1, 0.15) is 19.3 Å². The lowest BCUT2D eigenvalue weighted by atomic mass is 10.0. The molecular formula is C65H123N2O7P. The Kier molecular flexibility index (Phi) is 53.8. The molecule has 10 heteroatoms. The van der Waals surface area contributed by atoms with Gasteiger partial charge in [-0.3, -0.25) is 14.2 Å². The molecule has 0 aromatic heterocycles. The molecule has 0 aromatic carbocycles. The van der Waals surface area contributed by atoms with Crippen LogP contribution >= 0.6 is 7.82 Å². The SMILES string of the molecule is CCCCC/C=C\C/C=C\C/C=C\CCCCCCCCC(=O)NC(COP(=O)([O-])OCC[N+](C)(C)C)C(/C=C/CCCCCCCCCCCCC)OC(=O)CCCCCCCCCCCCCCCCCCC. The van der Waals surface area contributed by atoms with Gasteiger partial charge in [0, 0.05) is 12.8 Å². The van der Waals surface area contributed by atoms with E-state index in [1.807, 2.05) is 33.3 Å². The molecule has 0 radical (unpaired) electrons. The summed E-state index contributed by atoms with van der Waals surface area (Å²) >= 11 is 0. The van der Waals surface area contributed by atoms with Crippen LogP contribution in [0, 0.1) is 0 Å². The minimum atomic E-state index is -4.70. The summed E-state index contributed by atoms with van der Waals surface area (Å²) in [4.78, 5) is 40.0. The highest BCUT2D eigenvalue weighted by Crippen LogP contribution is 2.38. The molecule has 0 aliphatic rings. The molecule has 3 atom stereocenters. The molecule has 0 aliphatic carbocycles. The lowest BCUT2D eigenvalue weighted by Gasteiger charge is -2.30. The Morgan fingerprint density at radius 1 is 0.467 bits per heavy atom. The van der Waals surface area contributed by atoms with E-state index in [0.717, 1.165) is 89.9 Å². The van der Waals surface area contributed by atoms with E-state index < -0.39 is 26.6 Å². The summed E-state index contributed by atoms with van der Waals surface area (Å²) in [7, 11) is 1.18. The fourth-order valence-corrected chi connectivity index (χ4v) is 10.0. The van der Waals surface area contributed by atoms with Crippen LogP contribution in [0.4, 0.5) is 0 Å². The lowest BCUT2D eigenvalue weighted by molar-refractivity contribution is -0.870. The van der Waals surface area contributed by atoms with Gasteiger partial charge >= 0.3 is 5.97 Å². The van der Waals surface area contributed by atoms with E-state index in [0.29, 0.717) is 17.4 Å². The Morgan fingerprint density at radius 3 is 1.24 bits per heavy atom. The first-order chi connectivity index (χ1) is 36.4. The second kappa shape index (κ2) is 55.3. The predicted molar refractivity (Wildman–Crippen MR) is 321 cm³/mol. The summed E-state index contributed by atoms with van der Waals surface area (Å²) < 4.78 is 30.4. The first-order valence-electron chi connectivity index (χ1n) is 31.9. The van der Waals surface area contributed by atoms with Crippen LogP contribution in [0.1, 0.15) is 303 Å². The van der Waals surface area contributed by atoms with Gasteiger partial charge in [-0.05, 0) is 70.3 Å². The first kappa shape index (κ1) is 73.0. The van der Waals surface area contributed by atoms with E-state index in [4.69, 9.17) is 13.8 Å². The molecule has 0 aromatic rings. The van der Waals surface area contributed by atoms with Crippen LogP contribution in [0.5, 0.6) is 0 Å². The van der Waals surface area contributed by atoms with E-state index >= 15 is 0 Å². The van der Waals surface area contributed by atoms with Crippen molar-refractivity contribution in [1.29, 1.82) is 0 Å². The zero-order chi connectivity index (χ0) is 55.0. The van der Waals surface area contributed by atoms with E-state index in [2.05, 4.69) is 62.5 Å². The van der Waals surface area contributed by atoms with Crippen LogP contribution in [0.25, 0.3) is 0 Å². The van der Waals surface area contributed by atoms with Crippen molar-refractivity contribution in [2.45, 2.75) is 315 Å². The highest BCUT2D eigenvalue weighted by molar-refractivity contribution is 7.45. The number of nitrogens with zero attached hydrogens (tertiary/aromatic N) is 1. The highest BCUT2D eigenvalue weighted by Gasteiger charge is 2.27. The van der Waals surface area contributed by atoms with E-state index in [1.165, 1.54) is 180 Å². The van der Waals surface area contributed by atoms with Gasteiger partial charge in [0.15, 0.2) is 0 Å². The number of unbranched alkanes of at least 4 members (excludes halogenated alkanes) is 36. The van der Waals surface area contributed by atoms with Crippen molar-refractivity contribution in [1.82, 2.24) is 5.32 Å². The van der Waals surface area contributed by atoms with Gasteiger partial charge < -0.3 is 28.5 Å². The van der Waals surface area contributed by atoms with Crippen molar-refractivity contribution in [3.63, 3.8) is 0 Å². The third-order valence-electron chi connectivity index (χ3n) is 14.3. The number of likely N-dealkylation sites (N-methyl/N-ethyl adjacent to an activating group) is 1. The van der Waals surface area contributed by atoms with E-state index in [1.54, 1.807) is 0 Å². The molecule has 1 amide bonds. The van der Waals surface area contributed by atoms with E-state index in [9.17, 15) is 19.0 Å². The molecule has 0 saturated carbocycles. The number of allylic oxidation sites excluding steroid dienone is 7. The van der Waals surface area contributed by atoms with Gasteiger partial charge in [0.25, 0.3) is 7.82 Å². The molecule has 9 nitrogen and oxygen atoms in total. The molecule has 0 bridgehead atoms. The number of phosphoric acid groups is 1. The third kappa shape index (κ3) is 56.5. The predicted octanol–water partition coefficient (Wildman–Crippen LogP) is 19.0. The van der Waals surface area contributed by atoms with Crippen LogP contribution in [0.3, 0.4) is 0 Å². The smallest absolute Gasteiger partial charge is 0.306 e. The molecule has 0 fully saturated rings. The quantitative estimate of drug-likeness (QED) is 0.0212. The van der Waals surface area contributed by atoms with Crippen molar-refractivity contribution in [3.05, 3.63) is 48.6 Å². The van der Waals surface area contributed by atoms with Crippen molar-refractivity contribution < 1.29 is 37.3 Å². The maximum Gasteiger partial charge on any atom is 0.306 e. The molecule has 0 spiro atoms. The molecule has 440 valence electrons. The van der Waals surface area contributed by atoms with Gasteiger partial charge in [-0.1, -0.05) is 269 Å². The summed E-state index contributed by atoms with van der Waals surface area (Å²) in [6.45, 7) is 6.84. The van der Waals surface area contributed by atoms with Crippen LogP contribution < -0.4 is 10.2 Å². The standard InChI is InChI=1S/C65H123N2O7P/c1-7-10-13-16-19-22-25-28-30-32-33-35-36-39-42-45-48-51-54-57-64(68)66-62(61-73-75(70,71)72-60-59-67(4,5)6)63(56-53-50-47-44-41-38-27-24-21-18-15-12-9-3)74-65(69)58-55-52-49-46-43-40-37-34-31-29-26-23-20-17-14-11-8-2/h19,22,28,30,33,35,53,56,62-63H,7-18,20-21,23-27,29,31-32,34,36-52,54-55,57-61H2,1-6H3,(H-,66,68,70,71)/b22-19-,30-28-,35-33-,56-53+. The number of rotatable bonds is 58. The number of nitrogens with one attached hydrogen (secondary N) is 1. The minimum Gasteiger partial charge on any atom is -0.756 e. The van der Waals surface area contributed by atoms with E-state index in [-0.39, 0.29) is 24.9 Å². The van der Waals surface area contributed by atoms with Gasteiger partial charge in [-0.2, -0.15) is 0 Å². The van der Waals surface area contributed by atoms with Crippen molar-refractivity contribution in [2.75, 3.05) is 40.9 Å². The molecule has 0 rings (SSSR count). The number of phosphoric ester groups is 1. The number of hydrogen-bond donors (Lipinski definition) is 1. The molecule has 0 saturated heterocycles. The van der Waals surface area contributed by atoms with Crippen molar-refractivity contribution in [3.8, 4) is 0 Å². The molecule has 1 N–H and O–H groups in total. The monoisotopic (exact) mass is 1070 g/mol. The summed E-state index contributed by atoms with van der Waals surface area (Å²) in [6.07, 6.45) is 67.8. The van der Waals surface area contributed by atoms with Crippen molar-refractivity contribution in [2.24, 2.45) is 0 Å².